The van der Waals surface area contributed by atoms with Gasteiger partial charge in [-0.25, -0.2) is 0 Å². The Morgan fingerprint density at radius 2 is 1.83 bits per heavy atom. The second-order valence-electron chi connectivity index (χ2n) is 5.36. The summed E-state index contributed by atoms with van der Waals surface area (Å²) in [5, 5.41) is 19.1. The average Bonchev–Trinajstić information content (AvgIpc) is 2.68. The summed E-state index contributed by atoms with van der Waals surface area (Å²) in [7, 11) is 1.76. The summed E-state index contributed by atoms with van der Waals surface area (Å²) in [5.41, 5.74) is 0.971. The molecule has 0 atom stereocenters. The Kier molecular flexibility index (Phi) is 5.79. The number of amides is 1. The van der Waals surface area contributed by atoms with E-state index in [9.17, 15) is 19.4 Å². The molecule has 124 valence electrons. The Bertz CT molecular complexity index is 628. The number of rotatable bonds is 6. The number of hydrogen-bond acceptors (Lipinski definition) is 4. The van der Waals surface area contributed by atoms with Gasteiger partial charge >= 0.3 is 142 Å². The van der Waals surface area contributed by atoms with E-state index in [4.69, 9.17) is 0 Å². The number of carbonyl (C=O) groups excluding carboxylic acids is 1. The van der Waals surface area contributed by atoms with Crippen LogP contribution in [0.5, 0.6) is 11.5 Å². The molecule has 0 aliphatic carbocycles. The van der Waals surface area contributed by atoms with Crippen molar-refractivity contribution < 1.29 is 19.4 Å². The van der Waals surface area contributed by atoms with Crippen molar-refractivity contribution in [1.29, 1.82) is 0 Å². The molecule has 1 heterocycles. The van der Waals surface area contributed by atoms with Gasteiger partial charge in [-0.15, -0.1) is 0 Å². The number of aromatic hydroxyl groups is 2. The van der Waals surface area contributed by atoms with Crippen molar-refractivity contribution in [2.24, 2.45) is 0 Å². The quantitative estimate of drug-likeness (QED) is 0.444. The molecule has 1 aliphatic heterocycles. The summed E-state index contributed by atoms with van der Waals surface area (Å²) in [6, 6.07) is 4.16. The zero-order chi connectivity index (χ0) is 17.0. The summed E-state index contributed by atoms with van der Waals surface area (Å²) in [6.45, 7) is 0.183. The van der Waals surface area contributed by atoms with Crippen LogP contribution in [0, 0.1) is 0 Å². The van der Waals surface area contributed by atoms with Crippen molar-refractivity contribution in [2.45, 2.75) is 19.3 Å². The molecule has 0 bridgehead atoms. The fourth-order valence-corrected chi connectivity index (χ4v) is 2.98. The molecule has 0 unspecified atom stereocenters. The SMILES string of the molecule is CN1C(=[Se])N(CCCCCF)C(=O)C1=Cc1cc(O)cc(O)c1. The van der Waals surface area contributed by atoms with E-state index in [1.807, 2.05) is 0 Å². The van der Waals surface area contributed by atoms with E-state index in [-0.39, 0.29) is 24.1 Å². The van der Waals surface area contributed by atoms with Crippen molar-refractivity contribution >= 4 is 32.2 Å². The molecule has 0 saturated carbocycles. The number of nitrogens with zero attached hydrogens (tertiary/aromatic N) is 2. The number of likely N-dealkylation sites (N-methyl/N-ethyl adjacent to an activating group) is 1. The van der Waals surface area contributed by atoms with E-state index in [1.165, 1.54) is 18.2 Å². The second-order valence-corrected chi connectivity index (χ2v) is 6.13. The van der Waals surface area contributed by atoms with Crippen LogP contribution in [0.25, 0.3) is 6.08 Å². The van der Waals surface area contributed by atoms with Crippen LogP contribution in [0.15, 0.2) is 23.9 Å². The monoisotopic (exact) mass is 386 g/mol. The normalized spacial score (nSPS) is 16.7. The van der Waals surface area contributed by atoms with E-state index < -0.39 is 0 Å². The van der Waals surface area contributed by atoms with Crippen molar-refractivity contribution in [3.8, 4) is 11.5 Å². The van der Waals surface area contributed by atoms with Gasteiger partial charge in [-0.05, 0) is 0 Å². The molecule has 1 aliphatic rings. The number of phenols is 2. The van der Waals surface area contributed by atoms with Gasteiger partial charge in [0, 0.05) is 0 Å². The van der Waals surface area contributed by atoms with Gasteiger partial charge in [0.2, 0.25) is 0 Å². The van der Waals surface area contributed by atoms with Crippen LogP contribution in [-0.4, -0.2) is 66.4 Å². The minimum atomic E-state index is -0.338. The van der Waals surface area contributed by atoms with E-state index in [0.717, 1.165) is 12.8 Å². The van der Waals surface area contributed by atoms with Crippen molar-refractivity contribution in [2.75, 3.05) is 20.3 Å². The Hall–Kier alpha value is -1.85. The van der Waals surface area contributed by atoms with Gasteiger partial charge in [0.05, 0.1) is 0 Å². The first-order chi connectivity index (χ1) is 10.9. The third-order valence-electron chi connectivity index (χ3n) is 3.59. The third kappa shape index (κ3) is 4.12. The molecule has 1 aromatic carbocycles. The summed E-state index contributed by atoms with van der Waals surface area (Å²) in [6.07, 6.45) is 3.58. The van der Waals surface area contributed by atoms with E-state index in [0.29, 0.717) is 28.9 Å². The predicted molar refractivity (Wildman–Crippen MR) is 87.8 cm³/mol. The fourth-order valence-electron chi connectivity index (χ4n) is 2.41. The standard InChI is InChI=1S/C16H19FN2O3Se/c1-18-14(9-11-7-12(20)10-13(21)8-11)15(22)19(16(18)23)6-4-2-3-5-17/h7-10,20-21H,2-6H2,1H3. The first-order valence-electron chi connectivity index (χ1n) is 7.34. The van der Waals surface area contributed by atoms with Crippen LogP contribution in [0.2, 0.25) is 0 Å². The molecule has 0 radical (unpaired) electrons. The Morgan fingerprint density at radius 1 is 1.17 bits per heavy atom. The van der Waals surface area contributed by atoms with Crippen LogP contribution in [0.4, 0.5) is 4.39 Å². The first-order valence-corrected chi connectivity index (χ1v) is 8.20. The average molecular weight is 385 g/mol. The molecule has 2 rings (SSSR count). The minimum absolute atomic E-state index is 0.0692. The summed E-state index contributed by atoms with van der Waals surface area (Å²) >= 11 is 2.88. The van der Waals surface area contributed by atoms with Gasteiger partial charge in [-0.3, -0.25) is 0 Å². The molecule has 23 heavy (non-hydrogen) atoms. The van der Waals surface area contributed by atoms with Crippen molar-refractivity contribution in [3.05, 3.63) is 29.5 Å². The number of carbonyl (C=O) groups is 1. The topological polar surface area (TPSA) is 64.0 Å². The Balaban J connectivity index is 2.17. The fraction of sp³-hybridized carbons (Fsp3) is 0.375. The number of unbranched alkanes of at least 4 members (excludes halogenated alkanes) is 2. The molecule has 2 N–H and O–H groups in total. The first kappa shape index (κ1) is 17.5. The molecule has 5 nitrogen and oxygen atoms in total. The van der Waals surface area contributed by atoms with Gasteiger partial charge in [0.15, 0.2) is 0 Å². The zero-order valence-electron chi connectivity index (χ0n) is 12.8. The summed E-state index contributed by atoms with van der Waals surface area (Å²) in [5.74, 6) is -0.301. The molecule has 0 spiro atoms. The maximum absolute atomic E-state index is 12.5. The third-order valence-corrected chi connectivity index (χ3v) is 4.62. The van der Waals surface area contributed by atoms with Gasteiger partial charge < -0.3 is 0 Å². The van der Waals surface area contributed by atoms with Crippen LogP contribution in [-0.2, 0) is 4.79 Å². The van der Waals surface area contributed by atoms with Crippen molar-refractivity contribution in [3.63, 3.8) is 0 Å². The molecule has 1 saturated heterocycles. The van der Waals surface area contributed by atoms with Crippen LogP contribution < -0.4 is 0 Å². The summed E-state index contributed by atoms with van der Waals surface area (Å²) in [4.78, 5) is 15.9. The molecular formula is C16H19FN2O3Se. The molecule has 1 aromatic rings. The molecule has 1 amide bonds. The van der Waals surface area contributed by atoms with Crippen LogP contribution >= 0.6 is 0 Å². The van der Waals surface area contributed by atoms with Gasteiger partial charge in [0.1, 0.15) is 0 Å². The molecule has 7 heteroatoms. The zero-order valence-corrected chi connectivity index (χ0v) is 14.5. The summed E-state index contributed by atoms with van der Waals surface area (Å²) < 4.78 is 12.8. The predicted octanol–water partition coefficient (Wildman–Crippen LogP) is 1.61. The number of hydrogen-bond donors (Lipinski definition) is 2. The number of halogens is 1. The second kappa shape index (κ2) is 7.62. The molecule has 1 fully saturated rings. The molecule has 0 aromatic heterocycles. The van der Waals surface area contributed by atoms with Gasteiger partial charge in [-0.2, -0.15) is 0 Å². The maximum atomic E-state index is 12.5. The Labute approximate surface area is 142 Å². The van der Waals surface area contributed by atoms with Gasteiger partial charge in [0.25, 0.3) is 0 Å². The van der Waals surface area contributed by atoms with Crippen LogP contribution in [0.3, 0.4) is 0 Å². The van der Waals surface area contributed by atoms with Gasteiger partial charge in [-0.1, -0.05) is 0 Å². The number of phenolic OH excluding ortho intramolecular Hbond substituents is 2. The van der Waals surface area contributed by atoms with E-state index >= 15 is 0 Å². The number of alkyl halides is 1. The van der Waals surface area contributed by atoms with E-state index in [1.54, 1.807) is 22.9 Å². The Morgan fingerprint density at radius 3 is 2.43 bits per heavy atom. The van der Waals surface area contributed by atoms with Crippen LogP contribution in [0.1, 0.15) is 24.8 Å². The molecular weight excluding hydrogens is 366 g/mol. The number of benzene rings is 1. The van der Waals surface area contributed by atoms with E-state index in [2.05, 4.69) is 15.6 Å². The van der Waals surface area contributed by atoms with Crippen molar-refractivity contribution in [1.82, 2.24) is 9.80 Å².